The molecule has 2 aromatic carbocycles. The summed E-state index contributed by atoms with van der Waals surface area (Å²) < 4.78 is 0.336. The largest absolute Gasteiger partial charge is 0.311 e. The Morgan fingerprint density at radius 3 is 2.52 bits per heavy atom. The highest BCUT2D eigenvalue weighted by Crippen LogP contribution is 2.45. The van der Waals surface area contributed by atoms with Crippen LogP contribution in [0.5, 0.6) is 0 Å². The lowest BCUT2D eigenvalue weighted by molar-refractivity contribution is -0.115. The summed E-state index contributed by atoms with van der Waals surface area (Å²) in [7, 11) is 1.69. The normalized spacial score (nSPS) is 19.1. The molecule has 2 aliphatic heterocycles. The predicted octanol–water partition coefficient (Wildman–Crippen LogP) is 3.64. The van der Waals surface area contributed by atoms with Crippen molar-refractivity contribution in [1.29, 1.82) is 0 Å². The molecule has 0 spiro atoms. The smallest absolute Gasteiger partial charge is 0.271 e. The van der Waals surface area contributed by atoms with Gasteiger partial charge in [-0.15, -0.1) is 0 Å². The highest BCUT2D eigenvalue weighted by atomic mass is 32.2. The Bertz CT molecular complexity index is 1070. The number of carbonyl (C=O) groups is 3. The first-order valence-electron chi connectivity index (χ1n) is 8.19. The molecule has 0 aliphatic carbocycles. The van der Waals surface area contributed by atoms with Crippen molar-refractivity contribution in [3.8, 4) is 0 Å². The first-order chi connectivity index (χ1) is 12.9. The van der Waals surface area contributed by atoms with Gasteiger partial charge in [0.2, 0.25) is 0 Å². The van der Waals surface area contributed by atoms with Crippen LogP contribution in [0.25, 0.3) is 5.57 Å². The van der Waals surface area contributed by atoms with Crippen molar-refractivity contribution in [3.05, 3.63) is 64.6 Å². The number of anilines is 2. The minimum absolute atomic E-state index is 0.0952. The zero-order valence-corrected chi connectivity index (χ0v) is 16.2. The average Bonchev–Trinajstić information content (AvgIpc) is 3.08. The number of Topliss-reactive ketones (excluding diaryl/α,β-unsaturated/α-hetero) is 1. The number of likely N-dealkylation sites (N-methyl/N-ethyl adjacent to an activating group) is 1. The van der Waals surface area contributed by atoms with Gasteiger partial charge in [0.15, 0.2) is 10.1 Å². The fraction of sp³-hybridized carbons (Fsp3) is 0.100. The van der Waals surface area contributed by atoms with E-state index >= 15 is 0 Å². The van der Waals surface area contributed by atoms with Gasteiger partial charge in [-0.1, -0.05) is 54.3 Å². The number of hydrogen-bond donors (Lipinski definition) is 0. The lowest BCUT2D eigenvalue weighted by Crippen LogP contribution is -2.28. The van der Waals surface area contributed by atoms with Gasteiger partial charge in [0.1, 0.15) is 0 Å². The second kappa shape index (κ2) is 6.44. The van der Waals surface area contributed by atoms with Crippen molar-refractivity contribution >= 4 is 62.8 Å². The number of carbonyl (C=O) groups excluding carboxylic acids is 3. The minimum atomic E-state index is -0.348. The van der Waals surface area contributed by atoms with E-state index in [1.807, 2.05) is 24.3 Å². The van der Waals surface area contributed by atoms with Crippen LogP contribution in [0, 0.1) is 0 Å². The zero-order chi connectivity index (χ0) is 19.3. The van der Waals surface area contributed by atoms with Gasteiger partial charge in [-0.05, 0) is 25.1 Å². The van der Waals surface area contributed by atoms with Gasteiger partial charge in [0, 0.05) is 18.2 Å². The number of benzene rings is 2. The molecule has 0 saturated carbocycles. The molecule has 2 amide bonds. The number of thiocarbonyl (C=S) groups is 1. The molecule has 2 aliphatic rings. The standard InChI is InChI=1S/C20H14N2O3S2/c1-11(23)12-6-5-7-13(10-12)22-19(25)17(27-20(22)26)16-14-8-3-4-9-15(14)21(2)18(16)24/h3-10H,1-2H3. The summed E-state index contributed by atoms with van der Waals surface area (Å²) in [6, 6.07) is 14.1. The topological polar surface area (TPSA) is 57.7 Å². The summed E-state index contributed by atoms with van der Waals surface area (Å²) in [5.41, 5.74) is 2.88. The molecule has 0 radical (unpaired) electrons. The predicted molar refractivity (Wildman–Crippen MR) is 111 cm³/mol. The molecule has 0 aromatic heterocycles. The molecule has 7 heteroatoms. The van der Waals surface area contributed by atoms with E-state index in [1.165, 1.54) is 16.7 Å². The lowest BCUT2D eigenvalue weighted by Gasteiger charge is -2.15. The van der Waals surface area contributed by atoms with E-state index in [0.29, 0.717) is 26.0 Å². The van der Waals surface area contributed by atoms with Gasteiger partial charge >= 0.3 is 0 Å². The quantitative estimate of drug-likeness (QED) is 0.442. The van der Waals surface area contributed by atoms with Crippen LogP contribution in [0.1, 0.15) is 22.8 Å². The molecule has 0 N–H and O–H groups in total. The molecule has 4 rings (SSSR count). The van der Waals surface area contributed by atoms with Crippen molar-refractivity contribution in [2.24, 2.45) is 0 Å². The van der Waals surface area contributed by atoms with Crippen LogP contribution in [0.15, 0.2) is 53.4 Å². The monoisotopic (exact) mass is 394 g/mol. The van der Waals surface area contributed by atoms with Crippen molar-refractivity contribution in [1.82, 2.24) is 0 Å². The fourth-order valence-corrected chi connectivity index (χ4v) is 4.57. The Kier molecular flexibility index (Phi) is 4.20. The lowest BCUT2D eigenvalue weighted by atomic mass is 10.1. The van der Waals surface area contributed by atoms with E-state index in [0.717, 1.165) is 23.0 Å². The SMILES string of the molecule is CC(=O)c1cccc(N2C(=O)C(=C3C(=O)N(C)c4ccccc43)SC2=S)c1. The summed E-state index contributed by atoms with van der Waals surface area (Å²) >= 11 is 6.52. The number of amides is 2. The maximum atomic E-state index is 13.2. The number of thioether (sulfide) groups is 1. The van der Waals surface area contributed by atoms with Crippen LogP contribution in [0.4, 0.5) is 11.4 Å². The molecule has 2 heterocycles. The third-order valence-corrected chi connectivity index (χ3v) is 5.93. The van der Waals surface area contributed by atoms with Crippen molar-refractivity contribution < 1.29 is 14.4 Å². The summed E-state index contributed by atoms with van der Waals surface area (Å²) in [5, 5.41) is 0. The second-order valence-corrected chi connectivity index (χ2v) is 7.84. The first-order valence-corrected chi connectivity index (χ1v) is 9.41. The van der Waals surface area contributed by atoms with E-state index in [2.05, 4.69) is 0 Å². The maximum absolute atomic E-state index is 13.2. The van der Waals surface area contributed by atoms with E-state index < -0.39 is 0 Å². The fourth-order valence-electron chi connectivity index (χ4n) is 3.19. The van der Waals surface area contributed by atoms with Crippen LogP contribution in [-0.2, 0) is 9.59 Å². The Balaban J connectivity index is 1.83. The number of nitrogens with zero attached hydrogens (tertiary/aromatic N) is 2. The van der Waals surface area contributed by atoms with E-state index in [1.54, 1.807) is 31.3 Å². The molecule has 0 unspecified atom stereocenters. The Labute approximate surface area is 165 Å². The third-order valence-electron chi connectivity index (χ3n) is 4.56. The van der Waals surface area contributed by atoms with Gasteiger partial charge in [0.05, 0.1) is 21.9 Å². The van der Waals surface area contributed by atoms with Crippen LogP contribution in [0.2, 0.25) is 0 Å². The van der Waals surface area contributed by atoms with Crippen molar-refractivity contribution in [3.63, 3.8) is 0 Å². The molecular weight excluding hydrogens is 380 g/mol. The first kappa shape index (κ1) is 17.6. The van der Waals surface area contributed by atoms with Crippen LogP contribution in [0.3, 0.4) is 0 Å². The molecule has 5 nitrogen and oxygen atoms in total. The number of para-hydroxylation sites is 1. The summed E-state index contributed by atoms with van der Waals surface area (Å²) in [6.45, 7) is 1.47. The molecule has 1 fully saturated rings. The molecule has 134 valence electrons. The van der Waals surface area contributed by atoms with E-state index in [-0.39, 0.29) is 17.6 Å². The molecule has 0 bridgehead atoms. The van der Waals surface area contributed by atoms with E-state index in [9.17, 15) is 14.4 Å². The molecule has 0 atom stereocenters. The third kappa shape index (κ3) is 2.70. The minimum Gasteiger partial charge on any atom is -0.311 e. The highest BCUT2D eigenvalue weighted by Gasteiger charge is 2.41. The molecular formula is C20H14N2O3S2. The van der Waals surface area contributed by atoms with Crippen LogP contribution >= 0.6 is 24.0 Å². The molecule has 1 saturated heterocycles. The summed E-state index contributed by atoms with van der Waals surface area (Å²) in [6.07, 6.45) is 0. The number of rotatable bonds is 2. The average molecular weight is 394 g/mol. The number of fused-ring (bicyclic) bond motifs is 1. The molecule has 2 aromatic rings. The van der Waals surface area contributed by atoms with Crippen molar-refractivity contribution in [2.45, 2.75) is 6.92 Å². The Morgan fingerprint density at radius 1 is 1.04 bits per heavy atom. The van der Waals surface area contributed by atoms with Gasteiger partial charge in [-0.25, -0.2) is 0 Å². The van der Waals surface area contributed by atoms with E-state index in [4.69, 9.17) is 12.2 Å². The zero-order valence-electron chi connectivity index (χ0n) is 14.6. The van der Waals surface area contributed by atoms with Crippen LogP contribution < -0.4 is 9.80 Å². The Hall–Kier alpha value is -2.77. The van der Waals surface area contributed by atoms with Gasteiger partial charge in [-0.2, -0.15) is 0 Å². The summed E-state index contributed by atoms with van der Waals surface area (Å²) in [5.74, 6) is -0.671. The Morgan fingerprint density at radius 2 is 1.78 bits per heavy atom. The van der Waals surface area contributed by atoms with Crippen LogP contribution in [-0.4, -0.2) is 29.0 Å². The highest BCUT2D eigenvalue weighted by molar-refractivity contribution is 8.27. The van der Waals surface area contributed by atoms with Crippen molar-refractivity contribution in [2.75, 3.05) is 16.8 Å². The molecule has 27 heavy (non-hydrogen) atoms. The number of hydrogen-bond acceptors (Lipinski definition) is 5. The second-order valence-electron chi connectivity index (χ2n) is 6.20. The van der Waals surface area contributed by atoms with Gasteiger partial charge < -0.3 is 4.90 Å². The van der Waals surface area contributed by atoms with Gasteiger partial charge in [0.25, 0.3) is 11.8 Å². The van der Waals surface area contributed by atoms with Gasteiger partial charge in [-0.3, -0.25) is 19.3 Å². The summed E-state index contributed by atoms with van der Waals surface area (Å²) in [4.78, 5) is 40.8. The maximum Gasteiger partial charge on any atom is 0.271 e. The number of ketones is 1.